The third-order valence-corrected chi connectivity index (χ3v) is 6.91. The van der Waals surface area contributed by atoms with Crippen molar-refractivity contribution in [1.82, 2.24) is 4.98 Å². The average molecular weight is 489 g/mol. The molecule has 3 heteroatoms. The summed E-state index contributed by atoms with van der Waals surface area (Å²) in [4.78, 5) is 6.97. The van der Waals surface area contributed by atoms with Crippen LogP contribution < -0.4 is 4.90 Å². The standard InChI is InChI=1S/C35H24N2O/c1-3-11-27(12-4-1)37(28-13-5-2-6-14-28)33-24-23-29(30-15-7-8-16-31(30)33)25-19-21-26(22-20-25)35-36-32-17-9-10-18-34(32)38-35/h1-24H. The van der Waals surface area contributed by atoms with Crippen molar-refractivity contribution in [3.05, 3.63) is 146 Å². The van der Waals surface area contributed by atoms with E-state index in [1.807, 2.05) is 24.3 Å². The molecule has 7 aromatic rings. The van der Waals surface area contributed by atoms with Crippen LogP contribution in [0, 0.1) is 0 Å². The highest BCUT2D eigenvalue weighted by atomic mass is 16.3. The van der Waals surface area contributed by atoms with Crippen LogP contribution in [0.4, 0.5) is 17.1 Å². The highest BCUT2D eigenvalue weighted by Crippen LogP contribution is 2.41. The van der Waals surface area contributed by atoms with Gasteiger partial charge in [-0.2, -0.15) is 0 Å². The first kappa shape index (κ1) is 22.1. The lowest BCUT2D eigenvalue weighted by molar-refractivity contribution is 0.620. The van der Waals surface area contributed by atoms with Crippen molar-refractivity contribution < 1.29 is 4.42 Å². The van der Waals surface area contributed by atoms with E-state index in [0.29, 0.717) is 5.89 Å². The summed E-state index contributed by atoms with van der Waals surface area (Å²) in [5.41, 5.74) is 8.37. The van der Waals surface area contributed by atoms with Gasteiger partial charge in [0.15, 0.2) is 5.58 Å². The lowest BCUT2D eigenvalue weighted by atomic mass is 9.95. The highest BCUT2D eigenvalue weighted by Gasteiger charge is 2.17. The summed E-state index contributed by atoms with van der Waals surface area (Å²) in [6.45, 7) is 0. The molecule has 0 saturated heterocycles. The molecule has 0 N–H and O–H groups in total. The molecule has 0 radical (unpaired) electrons. The number of fused-ring (bicyclic) bond motifs is 2. The molecule has 38 heavy (non-hydrogen) atoms. The third kappa shape index (κ3) is 3.91. The van der Waals surface area contributed by atoms with Crippen molar-refractivity contribution in [2.24, 2.45) is 0 Å². The van der Waals surface area contributed by atoms with Gasteiger partial charge in [0.05, 0.1) is 5.69 Å². The number of nitrogens with zero attached hydrogens (tertiary/aromatic N) is 2. The minimum Gasteiger partial charge on any atom is -0.436 e. The van der Waals surface area contributed by atoms with Crippen molar-refractivity contribution in [3.63, 3.8) is 0 Å². The van der Waals surface area contributed by atoms with Crippen LogP contribution in [-0.4, -0.2) is 4.98 Å². The average Bonchev–Trinajstić information content (AvgIpc) is 3.43. The molecule has 0 aliphatic heterocycles. The molecule has 180 valence electrons. The predicted octanol–water partition coefficient (Wildman–Crippen LogP) is 9.78. The van der Waals surface area contributed by atoms with Crippen LogP contribution in [0.5, 0.6) is 0 Å². The van der Waals surface area contributed by atoms with Crippen LogP contribution in [0.25, 0.3) is 44.5 Å². The van der Waals surface area contributed by atoms with Gasteiger partial charge in [0.1, 0.15) is 5.52 Å². The molecular formula is C35H24N2O. The van der Waals surface area contributed by atoms with Crippen LogP contribution in [0.15, 0.2) is 150 Å². The molecule has 0 aliphatic carbocycles. The SMILES string of the molecule is c1ccc(N(c2ccccc2)c2ccc(-c3ccc(-c4nc5ccccc5o4)cc3)c3ccccc23)cc1. The topological polar surface area (TPSA) is 29.3 Å². The zero-order valence-corrected chi connectivity index (χ0v) is 20.7. The van der Waals surface area contributed by atoms with Crippen LogP contribution in [0.3, 0.4) is 0 Å². The number of benzene rings is 6. The molecule has 0 saturated carbocycles. The lowest BCUT2D eigenvalue weighted by Gasteiger charge is -2.27. The molecule has 0 aliphatic rings. The fourth-order valence-corrected chi connectivity index (χ4v) is 5.10. The molecule has 0 unspecified atom stereocenters. The summed E-state index contributed by atoms with van der Waals surface area (Å²) in [5, 5.41) is 2.40. The van der Waals surface area contributed by atoms with E-state index in [1.54, 1.807) is 0 Å². The van der Waals surface area contributed by atoms with E-state index in [0.717, 1.165) is 39.3 Å². The smallest absolute Gasteiger partial charge is 0.227 e. The van der Waals surface area contributed by atoms with Gasteiger partial charge in [-0.05, 0) is 71.1 Å². The van der Waals surface area contributed by atoms with Gasteiger partial charge in [-0.1, -0.05) is 91.0 Å². The number of hydrogen-bond acceptors (Lipinski definition) is 3. The van der Waals surface area contributed by atoms with Gasteiger partial charge in [0.2, 0.25) is 5.89 Å². The molecule has 1 aromatic heterocycles. The van der Waals surface area contributed by atoms with Gasteiger partial charge < -0.3 is 9.32 Å². The van der Waals surface area contributed by atoms with Crippen LogP contribution >= 0.6 is 0 Å². The van der Waals surface area contributed by atoms with E-state index >= 15 is 0 Å². The van der Waals surface area contributed by atoms with Gasteiger partial charge in [-0.25, -0.2) is 4.98 Å². The van der Waals surface area contributed by atoms with Crippen LogP contribution in [0.2, 0.25) is 0 Å². The Morgan fingerprint density at radius 2 is 1.05 bits per heavy atom. The van der Waals surface area contributed by atoms with Crippen molar-refractivity contribution in [1.29, 1.82) is 0 Å². The van der Waals surface area contributed by atoms with Crippen molar-refractivity contribution in [3.8, 4) is 22.6 Å². The van der Waals surface area contributed by atoms with E-state index in [9.17, 15) is 0 Å². The summed E-state index contributed by atoms with van der Waals surface area (Å²) in [6, 6.07) is 50.5. The molecular weight excluding hydrogens is 464 g/mol. The monoisotopic (exact) mass is 488 g/mol. The van der Waals surface area contributed by atoms with E-state index in [-0.39, 0.29) is 0 Å². The zero-order valence-electron chi connectivity index (χ0n) is 20.7. The van der Waals surface area contributed by atoms with E-state index in [4.69, 9.17) is 4.42 Å². The van der Waals surface area contributed by atoms with E-state index < -0.39 is 0 Å². The van der Waals surface area contributed by atoms with Crippen molar-refractivity contribution in [2.75, 3.05) is 4.90 Å². The first-order valence-corrected chi connectivity index (χ1v) is 12.7. The largest absolute Gasteiger partial charge is 0.436 e. The number of rotatable bonds is 5. The number of anilines is 3. The van der Waals surface area contributed by atoms with E-state index in [2.05, 4.69) is 131 Å². The normalized spacial score (nSPS) is 11.2. The lowest BCUT2D eigenvalue weighted by Crippen LogP contribution is -2.10. The van der Waals surface area contributed by atoms with Gasteiger partial charge in [-0.15, -0.1) is 0 Å². The van der Waals surface area contributed by atoms with Gasteiger partial charge >= 0.3 is 0 Å². The zero-order chi connectivity index (χ0) is 25.3. The minimum absolute atomic E-state index is 0.638. The minimum atomic E-state index is 0.638. The number of aromatic nitrogens is 1. The maximum Gasteiger partial charge on any atom is 0.227 e. The summed E-state index contributed by atoms with van der Waals surface area (Å²) in [5.74, 6) is 0.638. The molecule has 0 atom stereocenters. The van der Waals surface area contributed by atoms with Gasteiger partial charge in [0.25, 0.3) is 0 Å². The van der Waals surface area contributed by atoms with E-state index in [1.165, 1.54) is 16.3 Å². The number of hydrogen-bond donors (Lipinski definition) is 0. The second-order valence-electron chi connectivity index (χ2n) is 9.25. The predicted molar refractivity (Wildman–Crippen MR) is 157 cm³/mol. The molecule has 7 rings (SSSR count). The fraction of sp³-hybridized carbons (Fsp3) is 0. The Kier molecular flexibility index (Phi) is 5.45. The molecule has 3 nitrogen and oxygen atoms in total. The molecule has 0 amide bonds. The first-order valence-electron chi connectivity index (χ1n) is 12.7. The summed E-state index contributed by atoms with van der Waals surface area (Å²) < 4.78 is 5.98. The van der Waals surface area contributed by atoms with Crippen LogP contribution in [-0.2, 0) is 0 Å². The molecule has 0 spiro atoms. The van der Waals surface area contributed by atoms with Gasteiger partial charge in [0, 0.05) is 22.3 Å². The van der Waals surface area contributed by atoms with Crippen LogP contribution in [0.1, 0.15) is 0 Å². The Morgan fingerprint density at radius 3 is 1.74 bits per heavy atom. The Hall–Kier alpha value is -5.15. The molecule has 0 fully saturated rings. The second-order valence-corrected chi connectivity index (χ2v) is 9.25. The molecule has 0 bridgehead atoms. The van der Waals surface area contributed by atoms with Gasteiger partial charge in [-0.3, -0.25) is 0 Å². The number of oxazole rings is 1. The fourth-order valence-electron chi connectivity index (χ4n) is 5.10. The summed E-state index contributed by atoms with van der Waals surface area (Å²) in [7, 11) is 0. The Labute approximate surface area is 221 Å². The maximum absolute atomic E-state index is 5.98. The summed E-state index contributed by atoms with van der Waals surface area (Å²) >= 11 is 0. The Bertz CT molecular complexity index is 1780. The molecule has 1 heterocycles. The van der Waals surface area contributed by atoms with Crippen molar-refractivity contribution >= 4 is 38.9 Å². The second kappa shape index (κ2) is 9.38. The summed E-state index contributed by atoms with van der Waals surface area (Å²) in [6.07, 6.45) is 0. The third-order valence-electron chi connectivity index (χ3n) is 6.91. The molecule has 6 aromatic carbocycles. The Morgan fingerprint density at radius 1 is 0.474 bits per heavy atom. The highest BCUT2D eigenvalue weighted by molar-refractivity contribution is 6.06. The number of para-hydroxylation sites is 4. The Balaban J connectivity index is 1.33. The quantitative estimate of drug-likeness (QED) is 0.241. The first-order chi connectivity index (χ1) is 18.8. The van der Waals surface area contributed by atoms with Crippen molar-refractivity contribution in [2.45, 2.75) is 0 Å². The maximum atomic E-state index is 5.98.